The maximum Gasteiger partial charge on any atom is 0.0575 e. The molecule has 0 N–H and O–H groups in total. The fourth-order valence-corrected chi connectivity index (χ4v) is 1.19. The zero-order valence-corrected chi connectivity index (χ0v) is 11.1. The summed E-state index contributed by atoms with van der Waals surface area (Å²) in [6.45, 7) is 13.7. The van der Waals surface area contributed by atoms with Crippen molar-refractivity contribution in [1.29, 1.82) is 0 Å². The van der Waals surface area contributed by atoms with Gasteiger partial charge < -0.3 is 4.74 Å². The van der Waals surface area contributed by atoms with Gasteiger partial charge >= 0.3 is 0 Å². The Hall–Kier alpha value is -0.0400. The second kappa shape index (κ2) is 13.0. The first-order chi connectivity index (χ1) is 6.66. The molecule has 1 fully saturated rings. The van der Waals surface area contributed by atoms with Crippen LogP contribution in [0.25, 0.3) is 0 Å². The molecule has 1 unspecified atom stereocenters. The van der Waals surface area contributed by atoms with E-state index in [9.17, 15) is 0 Å². The molecule has 0 aliphatic carbocycles. The highest BCUT2D eigenvalue weighted by Crippen LogP contribution is 2.15. The lowest BCUT2D eigenvalue weighted by Gasteiger charge is -2.04. The molecule has 88 valence electrons. The van der Waals surface area contributed by atoms with Crippen LogP contribution >= 0.6 is 0 Å². The van der Waals surface area contributed by atoms with E-state index in [4.69, 9.17) is 4.74 Å². The van der Waals surface area contributed by atoms with Crippen molar-refractivity contribution < 1.29 is 4.74 Å². The normalized spacial score (nSPS) is 19.5. The third-order valence-corrected chi connectivity index (χ3v) is 1.63. The second-order valence-corrected chi connectivity index (χ2v) is 4.16. The van der Waals surface area contributed by atoms with E-state index in [-0.39, 0.29) is 0 Å². The van der Waals surface area contributed by atoms with Gasteiger partial charge in [-0.25, -0.2) is 0 Å². The molecule has 0 amide bonds. The summed E-state index contributed by atoms with van der Waals surface area (Å²) >= 11 is 0. The van der Waals surface area contributed by atoms with Crippen LogP contribution in [0.2, 0.25) is 0 Å². The SMILES string of the molecule is CC.CC(C)C.CCCC1CCCO1. The molecule has 0 aromatic heterocycles. The van der Waals surface area contributed by atoms with Gasteiger partial charge in [0.2, 0.25) is 0 Å². The summed E-state index contributed by atoms with van der Waals surface area (Å²) in [5.41, 5.74) is 0. The smallest absolute Gasteiger partial charge is 0.0575 e. The zero-order valence-electron chi connectivity index (χ0n) is 11.1. The Morgan fingerprint density at radius 1 is 1.21 bits per heavy atom. The van der Waals surface area contributed by atoms with Gasteiger partial charge in [-0.3, -0.25) is 0 Å². The summed E-state index contributed by atoms with van der Waals surface area (Å²) in [6.07, 6.45) is 5.73. The molecule has 1 aliphatic heterocycles. The fourth-order valence-electron chi connectivity index (χ4n) is 1.19. The third-order valence-electron chi connectivity index (χ3n) is 1.63. The number of hydrogen-bond donors (Lipinski definition) is 0. The Morgan fingerprint density at radius 3 is 2.00 bits per heavy atom. The second-order valence-electron chi connectivity index (χ2n) is 4.16. The number of hydrogen-bond acceptors (Lipinski definition) is 1. The Morgan fingerprint density at radius 2 is 1.71 bits per heavy atom. The van der Waals surface area contributed by atoms with Crippen molar-refractivity contribution in [3.05, 3.63) is 0 Å². The summed E-state index contributed by atoms with van der Waals surface area (Å²) in [6, 6.07) is 0. The van der Waals surface area contributed by atoms with Crippen molar-refractivity contribution >= 4 is 0 Å². The van der Waals surface area contributed by atoms with Crippen LogP contribution in [-0.2, 0) is 4.74 Å². The van der Waals surface area contributed by atoms with E-state index < -0.39 is 0 Å². The molecular weight excluding hydrogens is 172 g/mol. The number of ether oxygens (including phenoxy) is 1. The average molecular weight is 202 g/mol. The van der Waals surface area contributed by atoms with Gasteiger partial charge in [0.1, 0.15) is 0 Å². The highest BCUT2D eigenvalue weighted by Gasteiger charge is 2.12. The van der Waals surface area contributed by atoms with E-state index in [0.29, 0.717) is 6.10 Å². The van der Waals surface area contributed by atoms with Crippen molar-refractivity contribution in [1.82, 2.24) is 0 Å². The average Bonchev–Trinajstić information content (AvgIpc) is 2.60. The lowest BCUT2D eigenvalue weighted by atomic mass is 10.1. The first-order valence-corrected chi connectivity index (χ1v) is 6.28. The molecule has 1 heteroatoms. The van der Waals surface area contributed by atoms with Gasteiger partial charge in [-0.15, -0.1) is 0 Å². The van der Waals surface area contributed by atoms with Gasteiger partial charge in [0.05, 0.1) is 6.10 Å². The molecule has 0 spiro atoms. The van der Waals surface area contributed by atoms with Crippen LogP contribution in [0.1, 0.15) is 67.2 Å². The number of rotatable bonds is 2. The zero-order chi connectivity index (χ0) is 11.4. The first kappa shape index (κ1) is 16.4. The van der Waals surface area contributed by atoms with Gasteiger partial charge in [0.15, 0.2) is 0 Å². The van der Waals surface area contributed by atoms with E-state index >= 15 is 0 Å². The molecule has 1 heterocycles. The first-order valence-electron chi connectivity index (χ1n) is 6.28. The summed E-state index contributed by atoms with van der Waals surface area (Å²) in [4.78, 5) is 0. The van der Waals surface area contributed by atoms with Crippen molar-refractivity contribution in [2.24, 2.45) is 5.92 Å². The molecule has 1 aliphatic rings. The van der Waals surface area contributed by atoms with Crippen LogP contribution in [0.15, 0.2) is 0 Å². The van der Waals surface area contributed by atoms with E-state index in [1.807, 2.05) is 13.8 Å². The van der Waals surface area contributed by atoms with Crippen LogP contribution in [0.4, 0.5) is 0 Å². The van der Waals surface area contributed by atoms with Gasteiger partial charge in [0.25, 0.3) is 0 Å². The highest BCUT2D eigenvalue weighted by molar-refractivity contribution is 4.62. The van der Waals surface area contributed by atoms with Gasteiger partial charge in [0, 0.05) is 6.61 Å². The molecule has 14 heavy (non-hydrogen) atoms. The van der Waals surface area contributed by atoms with Crippen LogP contribution in [0, 0.1) is 5.92 Å². The van der Waals surface area contributed by atoms with E-state index in [1.54, 1.807) is 0 Å². The quantitative estimate of drug-likeness (QED) is 0.633. The predicted octanol–water partition coefficient (Wildman–Crippen LogP) is 4.65. The molecule has 1 atom stereocenters. The molecule has 0 aromatic carbocycles. The topological polar surface area (TPSA) is 9.23 Å². The minimum Gasteiger partial charge on any atom is -0.378 e. The third kappa shape index (κ3) is 14.5. The van der Waals surface area contributed by atoms with Crippen molar-refractivity contribution in [3.63, 3.8) is 0 Å². The summed E-state index contributed by atoms with van der Waals surface area (Å²) in [7, 11) is 0. The molecule has 0 saturated carbocycles. The molecule has 0 bridgehead atoms. The standard InChI is InChI=1S/C7H14O.C4H10.C2H6/c1-2-4-7-5-3-6-8-7;1-4(2)3;1-2/h7H,2-6H2,1H3;4H,1-3H3;1-2H3. The largest absolute Gasteiger partial charge is 0.378 e. The molecule has 1 saturated heterocycles. The molecular formula is C13H30O. The van der Waals surface area contributed by atoms with E-state index in [2.05, 4.69) is 27.7 Å². The minimum absolute atomic E-state index is 0.611. The van der Waals surface area contributed by atoms with E-state index in [0.717, 1.165) is 12.5 Å². The fraction of sp³-hybridized carbons (Fsp3) is 1.00. The van der Waals surface area contributed by atoms with Crippen LogP contribution in [0.3, 0.4) is 0 Å². The summed E-state index contributed by atoms with van der Waals surface area (Å²) < 4.78 is 5.39. The summed E-state index contributed by atoms with van der Waals surface area (Å²) in [5.74, 6) is 0.833. The Bertz CT molecular complexity index is 80.5. The lowest BCUT2D eigenvalue weighted by Crippen LogP contribution is -2.02. The van der Waals surface area contributed by atoms with Gasteiger partial charge in [-0.1, -0.05) is 48.0 Å². The molecule has 1 rings (SSSR count). The molecule has 0 radical (unpaired) electrons. The van der Waals surface area contributed by atoms with Crippen molar-refractivity contribution in [3.8, 4) is 0 Å². The van der Waals surface area contributed by atoms with Crippen LogP contribution < -0.4 is 0 Å². The lowest BCUT2D eigenvalue weighted by molar-refractivity contribution is 0.103. The monoisotopic (exact) mass is 202 g/mol. The Balaban J connectivity index is 0. The highest BCUT2D eigenvalue weighted by atomic mass is 16.5. The van der Waals surface area contributed by atoms with Crippen molar-refractivity contribution in [2.45, 2.75) is 73.3 Å². The van der Waals surface area contributed by atoms with E-state index in [1.165, 1.54) is 25.7 Å². The predicted molar refractivity (Wildman–Crippen MR) is 65.7 cm³/mol. The maximum absolute atomic E-state index is 5.39. The Kier molecular flexibility index (Phi) is 15.2. The maximum atomic E-state index is 5.39. The van der Waals surface area contributed by atoms with Crippen LogP contribution in [-0.4, -0.2) is 12.7 Å². The van der Waals surface area contributed by atoms with Gasteiger partial charge in [-0.05, 0) is 25.2 Å². The van der Waals surface area contributed by atoms with Gasteiger partial charge in [-0.2, -0.15) is 0 Å². The molecule has 0 aromatic rings. The van der Waals surface area contributed by atoms with Crippen LogP contribution in [0.5, 0.6) is 0 Å². The van der Waals surface area contributed by atoms with Crippen molar-refractivity contribution in [2.75, 3.05) is 6.61 Å². The summed E-state index contributed by atoms with van der Waals surface area (Å²) in [5, 5.41) is 0. The molecule has 1 nitrogen and oxygen atoms in total. The Labute approximate surface area is 91.2 Å². The minimum atomic E-state index is 0.611.